The summed E-state index contributed by atoms with van der Waals surface area (Å²) in [4.78, 5) is 2.30. The van der Waals surface area contributed by atoms with Gasteiger partial charge in [0, 0.05) is 24.8 Å². The number of anilines is 1. The highest BCUT2D eigenvalue weighted by Gasteiger charge is 2.29. The van der Waals surface area contributed by atoms with Crippen LogP contribution < -0.4 is 10.6 Å². The number of hydrogen-bond acceptors (Lipinski definition) is 3. The zero-order chi connectivity index (χ0) is 13.2. The first-order valence-electron chi connectivity index (χ1n) is 6.53. The molecule has 3 rings (SSSR count). The molecule has 2 N–H and O–H groups in total. The SMILES string of the molecule is NCc1cc(F)cc(N(Cc2ccsc2)C2CC2)c1. The van der Waals surface area contributed by atoms with Crippen LogP contribution in [0.2, 0.25) is 0 Å². The van der Waals surface area contributed by atoms with E-state index >= 15 is 0 Å². The molecular weight excluding hydrogens is 259 g/mol. The summed E-state index contributed by atoms with van der Waals surface area (Å²) in [5, 5.41) is 4.23. The highest BCUT2D eigenvalue weighted by atomic mass is 32.1. The van der Waals surface area contributed by atoms with Crippen LogP contribution in [-0.4, -0.2) is 6.04 Å². The Bertz CT molecular complexity index is 549. The van der Waals surface area contributed by atoms with Gasteiger partial charge in [-0.15, -0.1) is 0 Å². The second kappa shape index (κ2) is 5.31. The van der Waals surface area contributed by atoms with Crippen molar-refractivity contribution in [1.29, 1.82) is 0 Å². The average molecular weight is 276 g/mol. The number of benzene rings is 1. The van der Waals surface area contributed by atoms with Crippen LogP contribution in [0, 0.1) is 5.82 Å². The Kier molecular flexibility index (Phi) is 3.53. The van der Waals surface area contributed by atoms with Crippen LogP contribution in [-0.2, 0) is 13.1 Å². The summed E-state index contributed by atoms with van der Waals surface area (Å²) >= 11 is 1.70. The van der Waals surface area contributed by atoms with E-state index in [4.69, 9.17) is 5.73 Å². The van der Waals surface area contributed by atoms with E-state index in [2.05, 4.69) is 21.7 Å². The van der Waals surface area contributed by atoms with Crippen molar-refractivity contribution in [2.45, 2.75) is 32.0 Å². The van der Waals surface area contributed by atoms with Crippen LogP contribution >= 0.6 is 11.3 Å². The number of hydrogen-bond donors (Lipinski definition) is 1. The molecule has 0 spiro atoms. The molecule has 4 heteroatoms. The Morgan fingerprint density at radius 3 is 2.74 bits per heavy atom. The molecule has 1 aliphatic rings. The minimum atomic E-state index is -0.200. The van der Waals surface area contributed by atoms with E-state index in [-0.39, 0.29) is 5.82 Å². The van der Waals surface area contributed by atoms with Crippen LogP contribution in [0.4, 0.5) is 10.1 Å². The molecule has 0 saturated heterocycles. The molecule has 19 heavy (non-hydrogen) atoms. The third kappa shape index (κ3) is 2.96. The molecule has 1 aromatic heterocycles. The average Bonchev–Trinajstić information content (AvgIpc) is 3.12. The van der Waals surface area contributed by atoms with E-state index in [1.807, 2.05) is 6.07 Å². The first-order valence-corrected chi connectivity index (χ1v) is 7.48. The number of halogens is 1. The normalized spacial score (nSPS) is 14.6. The second-order valence-corrected chi connectivity index (χ2v) is 5.79. The lowest BCUT2D eigenvalue weighted by atomic mass is 10.1. The van der Waals surface area contributed by atoms with Crippen molar-refractivity contribution in [1.82, 2.24) is 0 Å². The van der Waals surface area contributed by atoms with Crippen molar-refractivity contribution in [3.05, 3.63) is 52.0 Å². The predicted molar refractivity (Wildman–Crippen MR) is 77.8 cm³/mol. The van der Waals surface area contributed by atoms with Gasteiger partial charge in [-0.1, -0.05) is 0 Å². The monoisotopic (exact) mass is 276 g/mol. The van der Waals surface area contributed by atoms with E-state index in [1.165, 1.54) is 24.5 Å². The molecule has 1 saturated carbocycles. The van der Waals surface area contributed by atoms with Gasteiger partial charge in [0.2, 0.25) is 0 Å². The summed E-state index contributed by atoms with van der Waals surface area (Å²) in [6, 6.07) is 7.81. The summed E-state index contributed by atoms with van der Waals surface area (Å²) < 4.78 is 13.7. The molecule has 1 aromatic carbocycles. The molecule has 2 aromatic rings. The van der Waals surface area contributed by atoms with Crippen molar-refractivity contribution in [2.75, 3.05) is 4.90 Å². The molecule has 0 bridgehead atoms. The molecule has 0 unspecified atom stereocenters. The summed E-state index contributed by atoms with van der Waals surface area (Å²) in [5.41, 5.74) is 8.73. The largest absolute Gasteiger partial charge is 0.364 e. The fourth-order valence-corrected chi connectivity index (χ4v) is 2.97. The molecule has 0 radical (unpaired) electrons. The molecule has 100 valence electrons. The number of nitrogens with two attached hydrogens (primary N) is 1. The predicted octanol–water partition coefficient (Wildman–Crippen LogP) is 3.51. The zero-order valence-electron chi connectivity index (χ0n) is 10.7. The Labute approximate surface area is 116 Å². The smallest absolute Gasteiger partial charge is 0.125 e. The molecule has 0 atom stereocenters. The van der Waals surface area contributed by atoms with Crippen LogP contribution in [0.25, 0.3) is 0 Å². The zero-order valence-corrected chi connectivity index (χ0v) is 11.5. The molecule has 0 amide bonds. The summed E-state index contributed by atoms with van der Waals surface area (Å²) in [6.45, 7) is 1.23. The van der Waals surface area contributed by atoms with E-state index in [0.717, 1.165) is 17.8 Å². The van der Waals surface area contributed by atoms with Crippen molar-refractivity contribution < 1.29 is 4.39 Å². The van der Waals surface area contributed by atoms with Gasteiger partial charge in [-0.3, -0.25) is 0 Å². The Balaban J connectivity index is 1.89. The Hall–Kier alpha value is -1.39. The van der Waals surface area contributed by atoms with E-state index < -0.39 is 0 Å². The van der Waals surface area contributed by atoms with Gasteiger partial charge in [0.15, 0.2) is 0 Å². The van der Waals surface area contributed by atoms with Crippen molar-refractivity contribution >= 4 is 17.0 Å². The summed E-state index contributed by atoms with van der Waals surface area (Å²) in [5.74, 6) is -0.200. The van der Waals surface area contributed by atoms with Gasteiger partial charge >= 0.3 is 0 Å². The van der Waals surface area contributed by atoms with E-state index in [9.17, 15) is 4.39 Å². The summed E-state index contributed by atoms with van der Waals surface area (Å²) in [6.07, 6.45) is 2.39. The van der Waals surface area contributed by atoms with Crippen molar-refractivity contribution in [2.24, 2.45) is 5.73 Å². The minimum Gasteiger partial charge on any atom is -0.364 e. The fraction of sp³-hybridized carbons (Fsp3) is 0.333. The maximum Gasteiger partial charge on any atom is 0.125 e. The first-order chi connectivity index (χ1) is 9.26. The Morgan fingerprint density at radius 1 is 1.26 bits per heavy atom. The van der Waals surface area contributed by atoms with E-state index in [0.29, 0.717) is 12.6 Å². The standard InChI is InChI=1S/C15H17FN2S/c16-13-5-12(8-17)6-15(7-13)18(14-1-2-14)9-11-3-4-19-10-11/h3-7,10,14H,1-2,8-9,17H2. The number of nitrogens with zero attached hydrogens (tertiary/aromatic N) is 1. The highest BCUT2D eigenvalue weighted by Crippen LogP contribution is 2.34. The van der Waals surface area contributed by atoms with Crippen LogP contribution in [0.1, 0.15) is 24.0 Å². The number of thiophene rings is 1. The fourth-order valence-electron chi connectivity index (χ4n) is 2.31. The van der Waals surface area contributed by atoms with Gasteiger partial charge in [0.05, 0.1) is 0 Å². The highest BCUT2D eigenvalue weighted by molar-refractivity contribution is 7.07. The van der Waals surface area contributed by atoms with Gasteiger partial charge in [-0.05, 0) is 59.0 Å². The molecule has 1 aliphatic carbocycles. The van der Waals surface area contributed by atoms with Gasteiger partial charge in [-0.25, -0.2) is 4.39 Å². The third-order valence-corrected chi connectivity index (χ3v) is 4.16. The van der Waals surface area contributed by atoms with Crippen LogP contribution in [0.5, 0.6) is 0 Å². The molecule has 2 nitrogen and oxygen atoms in total. The van der Waals surface area contributed by atoms with Crippen molar-refractivity contribution in [3.8, 4) is 0 Å². The molecule has 1 fully saturated rings. The number of rotatable bonds is 5. The van der Waals surface area contributed by atoms with Crippen LogP contribution in [0.15, 0.2) is 35.0 Å². The topological polar surface area (TPSA) is 29.3 Å². The lowest BCUT2D eigenvalue weighted by Crippen LogP contribution is -2.25. The molecule has 0 aliphatic heterocycles. The maximum absolute atomic E-state index is 13.7. The molecule has 1 heterocycles. The van der Waals surface area contributed by atoms with Crippen molar-refractivity contribution in [3.63, 3.8) is 0 Å². The van der Waals surface area contributed by atoms with E-state index in [1.54, 1.807) is 17.4 Å². The molecular formula is C15H17FN2S. The lowest BCUT2D eigenvalue weighted by molar-refractivity contribution is 0.623. The van der Waals surface area contributed by atoms with Crippen LogP contribution in [0.3, 0.4) is 0 Å². The minimum absolute atomic E-state index is 0.200. The summed E-state index contributed by atoms with van der Waals surface area (Å²) in [7, 11) is 0. The maximum atomic E-state index is 13.7. The second-order valence-electron chi connectivity index (χ2n) is 5.01. The van der Waals surface area contributed by atoms with Gasteiger partial charge in [0.1, 0.15) is 5.82 Å². The Morgan fingerprint density at radius 2 is 2.11 bits per heavy atom. The lowest BCUT2D eigenvalue weighted by Gasteiger charge is -2.25. The van der Waals surface area contributed by atoms with Gasteiger partial charge in [-0.2, -0.15) is 11.3 Å². The third-order valence-electron chi connectivity index (χ3n) is 3.43. The van der Waals surface area contributed by atoms with Gasteiger partial charge < -0.3 is 10.6 Å². The quantitative estimate of drug-likeness (QED) is 0.905. The van der Waals surface area contributed by atoms with Gasteiger partial charge in [0.25, 0.3) is 0 Å². The first kappa shape index (κ1) is 12.6.